The third-order valence-electron chi connectivity index (χ3n) is 4.29. The lowest BCUT2D eigenvalue weighted by atomic mass is 9.86. The van der Waals surface area contributed by atoms with Crippen molar-refractivity contribution in [3.8, 4) is 11.3 Å². The van der Waals surface area contributed by atoms with E-state index in [1.165, 1.54) is 0 Å². The molecule has 7 heteroatoms. The molecule has 1 heterocycles. The number of aliphatic hydroxyl groups is 1. The molecule has 0 unspecified atom stereocenters. The summed E-state index contributed by atoms with van der Waals surface area (Å²) < 4.78 is 0. The second-order valence-corrected chi connectivity index (χ2v) is 5.76. The van der Waals surface area contributed by atoms with E-state index in [-0.39, 0.29) is 24.8 Å². The van der Waals surface area contributed by atoms with E-state index in [9.17, 15) is 4.79 Å². The summed E-state index contributed by atoms with van der Waals surface area (Å²) in [5.74, 6) is 0.0240. The number of aliphatic hydroxyl groups excluding tert-OH is 1. The molecule has 1 aliphatic carbocycles. The van der Waals surface area contributed by atoms with E-state index in [0.29, 0.717) is 30.8 Å². The summed E-state index contributed by atoms with van der Waals surface area (Å²) in [6, 6.07) is 11.4. The summed E-state index contributed by atoms with van der Waals surface area (Å²) in [6.07, 6.45) is 0. The largest absolute Gasteiger partial charge is 0.395 e. The number of aromatic nitrogens is 2. The smallest absolute Gasteiger partial charge is 0.196 e. The first-order chi connectivity index (χ1) is 11.8. The summed E-state index contributed by atoms with van der Waals surface area (Å²) in [4.78, 5) is 13.0. The molecule has 0 aliphatic heterocycles. The number of nitrogens with one attached hydrogen (secondary N) is 3. The average Bonchev–Trinajstić information content (AvgIpc) is 3.04. The van der Waals surface area contributed by atoms with Crippen molar-refractivity contribution < 1.29 is 9.90 Å². The molecule has 0 spiro atoms. The Balaban J connectivity index is 0.00000182. The van der Waals surface area contributed by atoms with Gasteiger partial charge in [-0.1, -0.05) is 24.3 Å². The van der Waals surface area contributed by atoms with Crippen molar-refractivity contribution in [2.45, 2.75) is 0 Å². The van der Waals surface area contributed by atoms with Gasteiger partial charge in [0.25, 0.3) is 0 Å². The molecule has 0 fully saturated rings. The molecule has 6 nitrogen and oxygen atoms in total. The zero-order valence-corrected chi connectivity index (χ0v) is 14.3. The second kappa shape index (κ2) is 7.23. The molecule has 4 N–H and O–H groups in total. The molecule has 0 saturated carbocycles. The fraction of sp³-hybridized carbons (Fsp3) is 0.222. The molecule has 4 rings (SSSR count). The molecule has 0 atom stereocenters. The van der Waals surface area contributed by atoms with Crippen LogP contribution in [0.15, 0.2) is 36.4 Å². The fourth-order valence-corrected chi connectivity index (χ4v) is 3.20. The van der Waals surface area contributed by atoms with E-state index in [0.717, 1.165) is 27.8 Å². The van der Waals surface area contributed by atoms with Crippen molar-refractivity contribution in [3.63, 3.8) is 0 Å². The molecule has 3 aromatic rings. The van der Waals surface area contributed by atoms with E-state index >= 15 is 0 Å². The topological polar surface area (TPSA) is 90.0 Å². The second-order valence-electron chi connectivity index (χ2n) is 5.76. The standard InChI is InChI=1S/C18H18N4O2.ClH/c23-10-9-19-7-8-20-13-5-6-14-15-16(13)18(24)12-4-2-1-3-11(12)17(15)22-21-14;/h1-6,19-20,23H,7-10H2,(H,21,22);1H. The predicted molar refractivity (Wildman–Crippen MR) is 101 cm³/mol. The number of benzene rings is 2. The number of carbonyl (C=O) groups excluding carboxylic acids is 1. The summed E-state index contributed by atoms with van der Waals surface area (Å²) in [5.41, 5.74) is 4.76. The monoisotopic (exact) mass is 358 g/mol. The molecule has 0 radical (unpaired) electrons. The van der Waals surface area contributed by atoms with Gasteiger partial charge in [-0.05, 0) is 12.1 Å². The van der Waals surface area contributed by atoms with Crippen LogP contribution in [-0.2, 0) is 0 Å². The molecule has 2 aromatic carbocycles. The number of rotatable bonds is 6. The molecule has 0 saturated heterocycles. The van der Waals surface area contributed by atoms with Crippen LogP contribution in [0.1, 0.15) is 15.9 Å². The normalized spacial score (nSPS) is 12.0. The van der Waals surface area contributed by atoms with Crippen LogP contribution >= 0.6 is 12.4 Å². The minimum Gasteiger partial charge on any atom is -0.395 e. The molecule has 130 valence electrons. The van der Waals surface area contributed by atoms with Gasteiger partial charge < -0.3 is 15.7 Å². The van der Waals surface area contributed by atoms with Crippen LogP contribution < -0.4 is 10.6 Å². The summed E-state index contributed by atoms with van der Waals surface area (Å²) in [7, 11) is 0. The lowest BCUT2D eigenvalue weighted by Crippen LogP contribution is -2.25. The molecular formula is C18H19ClN4O2. The van der Waals surface area contributed by atoms with Crippen LogP contribution in [0.2, 0.25) is 0 Å². The number of hydrogen-bond donors (Lipinski definition) is 4. The van der Waals surface area contributed by atoms with E-state index < -0.39 is 0 Å². The van der Waals surface area contributed by atoms with Crippen molar-refractivity contribution >= 4 is 34.8 Å². The molecule has 1 aromatic heterocycles. The Morgan fingerprint density at radius 1 is 1.04 bits per heavy atom. The van der Waals surface area contributed by atoms with E-state index in [4.69, 9.17) is 5.11 Å². The van der Waals surface area contributed by atoms with Gasteiger partial charge in [-0.2, -0.15) is 5.10 Å². The Kier molecular flexibility index (Phi) is 5.03. The minimum atomic E-state index is 0. The van der Waals surface area contributed by atoms with Gasteiger partial charge in [-0.25, -0.2) is 0 Å². The van der Waals surface area contributed by atoms with Crippen LogP contribution in [0, 0.1) is 0 Å². The van der Waals surface area contributed by atoms with Crippen molar-refractivity contribution in [1.29, 1.82) is 0 Å². The summed E-state index contributed by atoms with van der Waals surface area (Å²) in [5, 5.41) is 23.5. The third kappa shape index (κ3) is 2.89. The number of H-pyrrole nitrogens is 1. The molecule has 0 bridgehead atoms. The highest BCUT2D eigenvalue weighted by molar-refractivity contribution is 6.27. The number of anilines is 1. The number of fused-ring (bicyclic) bond motifs is 2. The quantitative estimate of drug-likeness (QED) is 0.397. The van der Waals surface area contributed by atoms with Crippen molar-refractivity contribution in [3.05, 3.63) is 47.5 Å². The molecule has 1 aliphatic rings. The zero-order chi connectivity index (χ0) is 16.5. The van der Waals surface area contributed by atoms with Crippen LogP contribution in [0.25, 0.3) is 22.2 Å². The Morgan fingerprint density at radius 3 is 2.64 bits per heavy atom. The Morgan fingerprint density at radius 2 is 1.84 bits per heavy atom. The molecular weight excluding hydrogens is 340 g/mol. The van der Waals surface area contributed by atoms with E-state index in [2.05, 4.69) is 20.8 Å². The first-order valence-corrected chi connectivity index (χ1v) is 8.02. The minimum absolute atomic E-state index is 0. The molecule has 0 amide bonds. The number of hydrogen-bond acceptors (Lipinski definition) is 5. The summed E-state index contributed by atoms with van der Waals surface area (Å²) in [6.45, 7) is 2.05. The number of halogens is 1. The van der Waals surface area contributed by atoms with Crippen molar-refractivity contribution in [2.75, 3.05) is 31.6 Å². The highest BCUT2D eigenvalue weighted by atomic mass is 35.5. The third-order valence-corrected chi connectivity index (χ3v) is 4.29. The van der Waals surface area contributed by atoms with Crippen LogP contribution in [0.4, 0.5) is 5.69 Å². The molecule has 25 heavy (non-hydrogen) atoms. The highest BCUT2D eigenvalue weighted by Crippen LogP contribution is 2.40. The lowest BCUT2D eigenvalue weighted by molar-refractivity contribution is 0.104. The highest BCUT2D eigenvalue weighted by Gasteiger charge is 2.29. The number of aromatic amines is 1. The van der Waals surface area contributed by atoms with Gasteiger partial charge in [0.1, 0.15) is 5.69 Å². The lowest BCUT2D eigenvalue weighted by Gasteiger charge is -2.18. The maximum absolute atomic E-state index is 13.0. The van der Waals surface area contributed by atoms with E-state index in [1.54, 1.807) is 0 Å². The van der Waals surface area contributed by atoms with Gasteiger partial charge in [-0.15, -0.1) is 12.4 Å². The zero-order valence-electron chi connectivity index (χ0n) is 13.5. The van der Waals surface area contributed by atoms with Crippen LogP contribution in [-0.4, -0.2) is 47.3 Å². The van der Waals surface area contributed by atoms with E-state index in [1.807, 2.05) is 36.4 Å². The first kappa shape index (κ1) is 17.4. The van der Waals surface area contributed by atoms with Crippen molar-refractivity contribution in [2.24, 2.45) is 0 Å². The number of nitrogens with zero attached hydrogens (tertiary/aromatic N) is 1. The summed E-state index contributed by atoms with van der Waals surface area (Å²) >= 11 is 0. The van der Waals surface area contributed by atoms with Crippen LogP contribution in [0.3, 0.4) is 0 Å². The van der Waals surface area contributed by atoms with Gasteiger partial charge in [0, 0.05) is 41.8 Å². The number of carbonyl (C=O) groups is 1. The average molecular weight is 359 g/mol. The van der Waals surface area contributed by atoms with Gasteiger partial charge >= 0.3 is 0 Å². The number of ketones is 1. The van der Waals surface area contributed by atoms with Gasteiger partial charge in [0.2, 0.25) is 0 Å². The predicted octanol–water partition coefficient (Wildman–Crippen LogP) is 2.19. The Bertz CT molecular complexity index is 923. The van der Waals surface area contributed by atoms with Gasteiger partial charge in [-0.3, -0.25) is 9.89 Å². The van der Waals surface area contributed by atoms with Crippen molar-refractivity contribution in [1.82, 2.24) is 15.5 Å². The Hall–Kier alpha value is -2.41. The Labute approximate surface area is 151 Å². The first-order valence-electron chi connectivity index (χ1n) is 8.02. The maximum Gasteiger partial charge on any atom is 0.196 e. The van der Waals surface area contributed by atoms with Gasteiger partial charge in [0.05, 0.1) is 17.7 Å². The van der Waals surface area contributed by atoms with Crippen LogP contribution in [0.5, 0.6) is 0 Å². The fourth-order valence-electron chi connectivity index (χ4n) is 3.20. The SMILES string of the molecule is Cl.O=C1c2ccccc2-c2n[nH]c3ccc(NCCNCCO)c1c23. The van der Waals surface area contributed by atoms with Gasteiger partial charge in [0.15, 0.2) is 5.78 Å². The maximum atomic E-state index is 13.0.